The third kappa shape index (κ3) is 5.82. The minimum Gasteiger partial charge on any atom is -0.491 e. The zero-order valence-electron chi connectivity index (χ0n) is 10.6. The van der Waals surface area contributed by atoms with Gasteiger partial charge in [0.25, 0.3) is 0 Å². The van der Waals surface area contributed by atoms with Crippen LogP contribution in [-0.4, -0.2) is 38.1 Å². The minimum atomic E-state index is 0.0456. The highest BCUT2D eigenvalue weighted by Gasteiger charge is 2.04. The number of nitrogens with one attached hydrogen (secondary N) is 1. The van der Waals surface area contributed by atoms with Gasteiger partial charge in [0.2, 0.25) is 0 Å². The van der Waals surface area contributed by atoms with Gasteiger partial charge in [0.05, 0.1) is 19.8 Å². The van der Waals surface area contributed by atoms with Crippen molar-refractivity contribution in [3.05, 3.63) is 28.2 Å². The molecule has 2 N–H and O–H groups in total. The van der Waals surface area contributed by atoms with Gasteiger partial charge in [0.1, 0.15) is 12.4 Å². The molecule has 0 aliphatic carbocycles. The first-order chi connectivity index (χ1) is 8.77. The van der Waals surface area contributed by atoms with Crippen LogP contribution < -0.4 is 10.1 Å². The number of rotatable bonds is 9. The second kappa shape index (κ2) is 9.33. The van der Waals surface area contributed by atoms with Crippen molar-refractivity contribution in [3.63, 3.8) is 0 Å². The molecule has 0 aliphatic rings. The van der Waals surface area contributed by atoms with Crippen LogP contribution in [0.25, 0.3) is 0 Å². The van der Waals surface area contributed by atoms with E-state index in [0.29, 0.717) is 19.8 Å². The number of aliphatic hydroxyl groups is 1. The molecule has 0 spiro atoms. The van der Waals surface area contributed by atoms with Gasteiger partial charge < -0.3 is 19.9 Å². The Kier molecular flexibility index (Phi) is 8.00. The van der Waals surface area contributed by atoms with Crippen molar-refractivity contribution < 1.29 is 14.6 Å². The Balaban J connectivity index is 2.47. The van der Waals surface area contributed by atoms with E-state index in [0.717, 1.165) is 28.9 Å². The van der Waals surface area contributed by atoms with E-state index in [-0.39, 0.29) is 6.61 Å². The fraction of sp³-hybridized carbons (Fsp3) is 0.538. The normalized spacial score (nSPS) is 10.6. The summed E-state index contributed by atoms with van der Waals surface area (Å²) in [7, 11) is 0. The number of hydrogen-bond acceptors (Lipinski definition) is 4. The SMILES string of the molecule is CCNCc1cc(Br)ccc1OCCOCCO. The molecule has 0 saturated carbocycles. The van der Waals surface area contributed by atoms with Crippen molar-refractivity contribution in [2.45, 2.75) is 13.5 Å². The highest BCUT2D eigenvalue weighted by Crippen LogP contribution is 2.23. The van der Waals surface area contributed by atoms with Gasteiger partial charge in [-0.25, -0.2) is 0 Å². The Morgan fingerprint density at radius 2 is 2.11 bits per heavy atom. The van der Waals surface area contributed by atoms with Gasteiger partial charge in [-0.1, -0.05) is 22.9 Å². The molecule has 4 nitrogen and oxygen atoms in total. The van der Waals surface area contributed by atoms with Crippen LogP contribution in [-0.2, 0) is 11.3 Å². The number of benzene rings is 1. The second-order valence-corrected chi connectivity index (χ2v) is 4.63. The van der Waals surface area contributed by atoms with E-state index < -0.39 is 0 Å². The van der Waals surface area contributed by atoms with E-state index in [9.17, 15) is 0 Å². The van der Waals surface area contributed by atoms with Crippen molar-refractivity contribution in [3.8, 4) is 5.75 Å². The number of aliphatic hydroxyl groups excluding tert-OH is 1. The minimum absolute atomic E-state index is 0.0456. The van der Waals surface area contributed by atoms with E-state index in [1.54, 1.807) is 0 Å². The molecule has 0 amide bonds. The number of hydrogen-bond donors (Lipinski definition) is 2. The van der Waals surface area contributed by atoms with E-state index in [4.69, 9.17) is 14.6 Å². The predicted octanol–water partition coefficient (Wildman–Crippen LogP) is 1.95. The molecule has 1 aromatic carbocycles. The maximum Gasteiger partial charge on any atom is 0.123 e. The van der Waals surface area contributed by atoms with E-state index in [1.165, 1.54) is 0 Å². The molecule has 0 aromatic heterocycles. The summed E-state index contributed by atoms with van der Waals surface area (Å²) in [6, 6.07) is 5.95. The predicted molar refractivity (Wildman–Crippen MR) is 74.9 cm³/mol. The van der Waals surface area contributed by atoms with Crippen LogP contribution in [0.2, 0.25) is 0 Å². The maximum atomic E-state index is 8.58. The van der Waals surface area contributed by atoms with Gasteiger partial charge in [-0.3, -0.25) is 0 Å². The second-order valence-electron chi connectivity index (χ2n) is 3.72. The van der Waals surface area contributed by atoms with Crippen LogP contribution in [0.1, 0.15) is 12.5 Å². The van der Waals surface area contributed by atoms with Crippen LogP contribution in [0.15, 0.2) is 22.7 Å². The lowest BCUT2D eigenvalue weighted by atomic mass is 10.2. The molecule has 0 aliphatic heterocycles. The van der Waals surface area contributed by atoms with Crippen molar-refractivity contribution >= 4 is 15.9 Å². The molecule has 0 unspecified atom stereocenters. The highest BCUT2D eigenvalue weighted by atomic mass is 79.9. The molecule has 102 valence electrons. The zero-order valence-corrected chi connectivity index (χ0v) is 12.2. The molecule has 0 bridgehead atoms. The Morgan fingerprint density at radius 3 is 2.83 bits per heavy atom. The monoisotopic (exact) mass is 317 g/mol. The first-order valence-electron chi connectivity index (χ1n) is 6.08. The fourth-order valence-electron chi connectivity index (χ4n) is 1.46. The average molecular weight is 318 g/mol. The average Bonchev–Trinajstić information content (AvgIpc) is 2.38. The highest BCUT2D eigenvalue weighted by molar-refractivity contribution is 9.10. The molecular weight excluding hydrogens is 298 g/mol. The Bertz CT molecular complexity index is 347. The quantitative estimate of drug-likeness (QED) is 0.683. The van der Waals surface area contributed by atoms with Crippen molar-refractivity contribution in [1.29, 1.82) is 0 Å². The Morgan fingerprint density at radius 1 is 1.28 bits per heavy atom. The summed E-state index contributed by atoms with van der Waals surface area (Å²) >= 11 is 3.45. The Hall–Kier alpha value is -0.620. The molecule has 0 heterocycles. The van der Waals surface area contributed by atoms with Gasteiger partial charge >= 0.3 is 0 Å². The molecule has 0 fully saturated rings. The number of halogens is 1. The molecule has 0 radical (unpaired) electrons. The molecular formula is C13H20BrNO3. The van der Waals surface area contributed by atoms with Crippen LogP contribution in [0, 0.1) is 0 Å². The molecule has 1 rings (SSSR count). The lowest BCUT2D eigenvalue weighted by molar-refractivity contribution is 0.0703. The summed E-state index contributed by atoms with van der Waals surface area (Å²) in [5.41, 5.74) is 1.12. The summed E-state index contributed by atoms with van der Waals surface area (Å²) in [4.78, 5) is 0. The van der Waals surface area contributed by atoms with E-state index in [1.807, 2.05) is 18.2 Å². The van der Waals surface area contributed by atoms with E-state index >= 15 is 0 Å². The lowest BCUT2D eigenvalue weighted by Gasteiger charge is -2.12. The largest absolute Gasteiger partial charge is 0.491 e. The maximum absolute atomic E-state index is 8.58. The van der Waals surface area contributed by atoms with E-state index in [2.05, 4.69) is 28.2 Å². The first-order valence-corrected chi connectivity index (χ1v) is 6.87. The van der Waals surface area contributed by atoms with Crippen LogP contribution in [0.4, 0.5) is 0 Å². The van der Waals surface area contributed by atoms with Gasteiger partial charge in [-0.05, 0) is 24.7 Å². The summed E-state index contributed by atoms with van der Waals surface area (Å²) < 4.78 is 11.9. The third-order valence-corrected chi connectivity index (χ3v) is 2.80. The molecule has 0 atom stereocenters. The van der Waals surface area contributed by atoms with Crippen molar-refractivity contribution in [2.24, 2.45) is 0 Å². The van der Waals surface area contributed by atoms with Crippen molar-refractivity contribution in [1.82, 2.24) is 5.32 Å². The molecule has 1 aromatic rings. The first kappa shape index (κ1) is 15.4. The summed E-state index contributed by atoms with van der Waals surface area (Å²) in [6.07, 6.45) is 0. The van der Waals surface area contributed by atoms with Gasteiger partial charge in [-0.15, -0.1) is 0 Å². The zero-order chi connectivity index (χ0) is 13.2. The summed E-state index contributed by atoms with van der Waals surface area (Å²) in [5.74, 6) is 0.867. The van der Waals surface area contributed by atoms with Crippen LogP contribution >= 0.6 is 15.9 Å². The molecule has 0 saturated heterocycles. The van der Waals surface area contributed by atoms with Gasteiger partial charge in [0, 0.05) is 16.6 Å². The van der Waals surface area contributed by atoms with Gasteiger partial charge in [-0.2, -0.15) is 0 Å². The number of ether oxygens (including phenoxy) is 2. The third-order valence-electron chi connectivity index (χ3n) is 2.31. The summed E-state index contributed by atoms with van der Waals surface area (Å²) in [6.45, 7) is 5.14. The lowest BCUT2D eigenvalue weighted by Crippen LogP contribution is -2.14. The van der Waals surface area contributed by atoms with Crippen LogP contribution in [0.5, 0.6) is 5.75 Å². The van der Waals surface area contributed by atoms with Crippen molar-refractivity contribution in [2.75, 3.05) is 33.0 Å². The molecule has 5 heteroatoms. The Labute approximate surface area is 116 Å². The van der Waals surface area contributed by atoms with Crippen LogP contribution in [0.3, 0.4) is 0 Å². The topological polar surface area (TPSA) is 50.7 Å². The molecule has 18 heavy (non-hydrogen) atoms. The smallest absolute Gasteiger partial charge is 0.123 e. The van der Waals surface area contributed by atoms with Gasteiger partial charge in [0.15, 0.2) is 0 Å². The standard InChI is InChI=1S/C13H20BrNO3/c1-2-15-10-11-9-12(14)3-4-13(11)18-8-7-17-6-5-16/h3-4,9,15-16H,2,5-8,10H2,1H3. The summed E-state index contributed by atoms with van der Waals surface area (Å²) in [5, 5.41) is 11.9. The fourth-order valence-corrected chi connectivity index (χ4v) is 1.87.